The van der Waals surface area contributed by atoms with E-state index in [1.807, 2.05) is 111 Å². The van der Waals surface area contributed by atoms with E-state index in [4.69, 9.17) is 56.8 Å². The molecule has 0 radical (unpaired) electrons. The van der Waals surface area contributed by atoms with Crippen molar-refractivity contribution in [2.45, 2.75) is 340 Å². The van der Waals surface area contributed by atoms with Crippen LogP contribution < -0.4 is 0 Å². The Morgan fingerprint density at radius 3 is 0.741 bits per heavy atom. The third kappa shape index (κ3) is 231. The minimum absolute atomic E-state index is 0.0503. The van der Waals surface area contributed by atoms with Crippen LogP contribution in [0.25, 0.3) is 0 Å². The molecule has 0 spiro atoms. The number of hydrogen-bond donors (Lipinski definition) is 0. The fourth-order valence-corrected chi connectivity index (χ4v) is 4.20. The first-order valence-corrected chi connectivity index (χ1v) is 32.6. The third-order valence-electron chi connectivity index (χ3n) is 9.05. The van der Waals surface area contributed by atoms with Gasteiger partial charge < -0.3 is 61.6 Å². The fraction of sp³-hybridized carbons (Fsp3) is 1.00. The van der Waals surface area contributed by atoms with Gasteiger partial charge in [-0.15, -0.1) is 0 Å². The number of rotatable bonds is 31. The van der Waals surface area contributed by atoms with E-state index in [1.54, 1.807) is 28.4 Å². The lowest BCUT2D eigenvalue weighted by atomic mass is 10.2. The molecular formula is C68H162O13. The highest BCUT2D eigenvalue weighted by Gasteiger charge is 2.06. The van der Waals surface area contributed by atoms with Gasteiger partial charge in [0.25, 0.3) is 0 Å². The van der Waals surface area contributed by atoms with Crippen molar-refractivity contribution < 1.29 is 61.6 Å². The van der Waals surface area contributed by atoms with Gasteiger partial charge >= 0.3 is 0 Å². The van der Waals surface area contributed by atoms with Gasteiger partial charge in [0.15, 0.2) is 0 Å². The Kier molecular flexibility index (Phi) is 157. The molecule has 0 fully saturated rings. The van der Waals surface area contributed by atoms with E-state index < -0.39 is 0 Å². The molecule has 0 aliphatic carbocycles. The fourth-order valence-electron chi connectivity index (χ4n) is 4.20. The van der Waals surface area contributed by atoms with Gasteiger partial charge in [-0.05, 0) is 218 Å². The summed E-state index contributed by atoms with van der Waals surface area (Å²) >= 11 is 0. The minimum Gasteiger partial charge on any atom is -0.385 e. The molecule has 0 rings (SSSR count). The van der Waals surface area contributed by atoms with Crippen molar-refractivity contribution in [1.29, 1.82) is 0 Å². The molecule has 0 amide bonds. The van der Waals surface area contributed by atoms with E-state index in [0.717, 1.165) is 112 Å². The van der Waals surface area contributed by atoms with Crippen LogP contribution in [0.1, 0.15) is 286 Å². The highest BCUT2D eigenvalue weighted by atomic mass is 16.5. The quantitative estimate of drug-likeness (QED) is 0.0613. The Labute approximate surface area is 514 Å². The van der Waals surface area contributed by atoms with Crippen LogP contribution in [-0.2, 0) is 61.6 Å². The summed E-state index contributed by atoms with van der Waals surface area (Å²) in [5.74, 6) is 0. The van der Waals surface area contributed by atoms with Crippen LogP contribution in [0, 0.1) is 0 Å². The van der Waals surface area contributed by atoms with Crippen LogP contribution in [-0.4, -0.2) is 169 Å². The predicted molar refractivity (Wildman–Crippen MR) is 362 cm³/mol. The van der Waals surface area contributed by atoms with Crippen LogP contribution in [0.3, 0.4) is 0 Å². The van der Waals surface area contributed by atoms with Gasteiger partial charge in [0.2, 0.25) is 0 Å². The van der Waals surface area contributed by atoms with E-state index >= 15 is 0 Å². The van der Waals surface area contributed by atoms with Gasteiger partial charge in [-0.1, -0.05) is 67.7 Å². The van der Waals surface area contributed by atoms with Crippen molar-refractivity contribution in [2.75, 3.05) is 114 Å². The molecular weight excluding hydrogens is 1020 g/mol. The standard InChI is InChI=1S/C7H16O.5C6H14O.4C5H12O.2C4H10O.C3H8O/c1-4-6-7(3)8-5-2;1-5-7-6(2,3)4;1-4-5-6(2)7-3;1-4-5-7-6(2)3;1-4-6(3)7-5-2;1-3-5-6-7-4-2;1-4-5(2)6-3;2*1-4-6-5(2)3;1-3-5-6-4-2;1-4(2)5-3;1-3-5-4-2;1-3-4-2/h7H,4-6H2,1-3H3;5H2,1-4H3;3*6H,4-5H2,1-3H3;3-6H2,1-2H3;3*5H,4H2,1-3H3;3-5H2,1-2H3;4H,1-3H3;3-4H2,1-2H3;3H2,1-2H3. The number of ether oxygens (including phenoxy) is 13. The predicted octanol–water partition coefficient (Wildman–Crippen LogP) is 19.8. The van der Waals surface area contributed by atoms with E-state index in [2.05, 4.69) is 116 Å². The van der Waals surface area contributed by atoms with Crippen molar-refractivity contribution in [1.82, 2.24) is 0 Å². The molecule has 0 saturated carbocycles. The molecule has 0 aromatic heterocycles. The van der Waals surface area contributed by atoms with Crippen LogP contribution in [0.4, 0.5) is 0 Å². The zero-order chi connectivity index (χ0) is 66.6. The lowest BCUT2D eigenvalue weighted by molar-refractivity contribution is 0.00530. The Morgan fingerprint density at radius 1 is 0.284 bits per heavy atom. The molecule has 0 heterocycles. The Hall–Kier alpha value is -0.520. The van der Waals surface area contributed by atoms with Crippen molar-refractivity contribution in [3.05, 3.63) is 0 Å². The average molecular weight is 1190 g/mol. The zero-order valence-electron chi connectivity index (χ0n) is 62.7. The Bertz CT molecular complexity index is 788. The molecule has 512 valence electrons. The third-order valence-corrected chi connectivity index (χ3v) is 9.05. The van der Waals surface area contributed by atoms with Crippen LogP contribution >= 0.6 is 0 Å². The minimum atomic E-state index is 0.0503. The molecule has 13 nitrogen and oxygen atoms in total. The highest BCUT2D eigenvalue weighted by molar-refractivity contribution is 4.56. The van der Waals surface area contributed by atoms with Crippen LogP contribution in [0.15, 0.2) is 0 Å². The number of methoxy groups -OCH3 is 4. The normalized spacial score (nSPS) is 11.3. The summed E-state index contributed by atoms with van der Waals surface area (Å²) < 4.78 is 65.0. The van der Waals surface area contributed by atoms with E-state index in [9.17, 15) is 0 Å². The zero-order valence-corrected chi connectivity index (χ0v) is 62.7. The molecule has 0 aromatic carbocycles. The largest absolute Gasteiger partial charge is 0.385 e. The van der Waals surface area contributed by atoms with Crippen LogP contribution in [0.2, 0.25) is 0 Å². The maximum atomic E-state index is 5.28. The molecule has 4 unspecified atom stereocenters. The van der Waals surface area contributed by atoms with Gasteiger partial charge in [-0.2, -0.15) is 0 Å². The summed E-state index contributed by atoms with van der Waals surface area (Å²) in [5, 5.41) is 0. The first-order chi connectivity index (χ1) is 38.0. The molecule has 4 atom stereocenters. The van der Waals surface area contributed by atoms with Crippen molar-refractivity contribution in [3.8, 4) is 0 Å². The molecule has 13 heteroatoms. The van der Waals surface area contributed by atoms with Gasteiger partial charge in [0.05, 0.1) is 54.4 Å². The summed E-state index contributed by atoms with van der Waals surface area (Å²) in [4.78, 5) is 0. The van der Waals surface area contributed by atoms with Gasteiger partial charge in [0.1, 0.15) is 0 Å². The Balaban J connectivity index is -0.0000000564. The molecule has 0 bridgehead atoms. The molecule has 0 aliphatic heterocycles. The smallest absolute Gasteiger partial charge is 0.0598 e. The second kappa shape index (κ2) is 114. The maximum absolute atomic E-state index is 5.28. The average Bonchev–Trinajstić information content (AvgIpc) is 3.41. The lowest BCUT2D eigenvalue weighted by Crippen LogP contribution is -2.18. The van der Waals surface area contributed by atoms with Gasteiger partial charge in [-0.3, -0.25) is 0 Å². The topological polar surface area (TPSA) is 120 Å². The van der Waals surface area contributed by atoms with E-state index in [-0.39, 0.29) is 5.60 Å². The highest BCUT2D eigenvalue weighted by Crippen LogP contribution is 2.04. The Morgan fingerprint density at radius 2 is 0.617 bits per heavy atom. The van der Waals surface area contributed by atoms with Crippen molar-refractivity contribution in [2.24, 2.45) is 0 Å². The first kappa shape index (κ1) is 112. The summed E-state index contributed by atoms with van der Waals surface area (Å²) in [6, 6.07) is 0. The SMILES string of the molecule is CCC(C)OC.CCCC(C)OC.CCCC(C)OCC.CCCCOCC.CCCOC(C)C.CCCOCC.CCOC.CCOC(C)(C)C.CCOC(C)C.CCOC(C)C.CCOC(C)CC.CCOCC.COC(C)C. The van der Waals surface area contributed by atoms with Crippen LogP contribution in [0.5, 0.6) is 0 Å². The lowest BCUT2D eigenvalue weighted by Gasteiger charge is -2.17. The monoisotopic (exact) mass is 1190 g/mol. The summed E-state index contributed by atoms with van der Waals surface area (Å²) in [6.45, 7) is 76.9. The van der Waals surface area contributed by atoms with Crippen molar-refractivity contribution >= 4 is 0 Å². The van der Waals surface area contributed by atoms with Gasteiger partial charge in [0, 0.05) is 114 Å². The summed E-state index contributed by atoms with van der Waals surface area (Å²) in [5.41, 5.74) is 0.0503. The number of unbranched alkanes of at least 4 members (excludes halogenated alkanes) is 1. The van der Waals surface area contributed by atoms with E-state index in [1.165, 1.54) is 38.5 Å². The maximum Gasteiger partial charge on any atom is 0.0598 e. The van der Waals surface area contributed by atoms with Gasteiger partial charge in [-0.25, -0.2) is 0 Å². The van der Waals surface area contributed by atoms with E-state index in [0.29, 0.717) is 48.8 Å². The molecule has 0 aromatic rings. The van der Waals surface area contributed by atoms with Crippen molar-refractivity contribution in [3.63, 3.8) is 0 Å². The summed E-state index contributed by atoms with van der Waals surface area (Å²) in [7, 11) is 6.86. The molecule has 0 N–H and O–H groups in total. The second-order valence-corrected chi connectivity index (χ2v) is 19.9. The second-order valence-electron chi connectivity index (χ2n) is 19.9. The molecule has 81 heavy (non-hydrogen) atoms. The first-order valence-electron chi connectivity index (χ1n) is 32.6. The summed E-state index contributed by atoms with van der Waals surface area (Å²) in [6.07, 6.45) is 15.1. The molecule has 0 saturated heterocycles. The molecule has 0 aliphatic rings. The number of hydrogen-bond acceptors (Lipinski definition) is 13.